The number of pyridine rings is 1. The Morgan fingerprint density at radius 1 is 0.889 bits per heavy atom. The summed E-state index contributed by atoms with van der Waals surface area (Å²) in [5, 5.41) is 41.5. The van der Waals surface area contributed by atoms with Crippen molar-refractivity contribution in [2.45, 2.75) is 51.4 Å². The Bertz CT molecular complexity index is 2150. The first-order valence-electron chi connectivity index (χ1n) is 18.1. The number of amides is 1. The molecule has 1 saturated heterocycles. The zero-order valence-electron chi connectivity index (χ0n) is 29.9. The minimum atomic E-state index is 0.0391. The van der Waals surface area contributed by atoms with Gasteiger partial charge in [0.15, 0.2) is 0 Å². The predicted molar refractivity (Wildman–Crippen MR) is 217 cm³/mol. The smallest absolute Gasteiger partial charge is 0.220 e. The highest BCUT2D eigenvalue weighted by Crippen LogP contribution is 2.39. The second-order valence-corrected chi connectivity index (χ2v) is 14.2. The van der Waals surface area contributed by atoms with Crippen LogP contribution in [0.3, 0.4) is 0 Å². The summed E-state index contributed by atoms with van der Waals surface area (Å²) in [4.78, 5) is 15.7. The Kier molecular flexibility index (Phi) is 13.4. The summed E-state index contributed by atoms with van der Waals surface area (Å²) in [6, 6.07) is 28.5. The summed E-state index contributed by atoms with van der Waals surface area (Å²) < 4.78 is 0. The fraction of sp³-hybridized carbons (Fsp3) is 0.256. The molecule has 0 spiro atoms. The third kappa shape index (κ3) is 9.71. The molecule has 276 valence electrons. The number of anilines is 1. The maximum absolute atomic E-state index is 11.5. The van der Waals surface area contributed by atoms with Crippen LogP contribution in [-0.2, 0) is 37.3 Å². The SMILES string of the molecule is N#Cc1cncc(CCc2cc(CNc3cccc(-c4cccc(-c5ccc(CNCC6CCC(=O)N6)cc5)c4Cl)c3C=N)c(Cl)cc2CNCCO)c1. The fourth-order valence-electron chi connectivity index (χ4n) is 6.80. The van der Waals surface area contributed by atoms with E-state index in [-0.39, 0.29) is 18.6 Å². The number of aliphatic hydroxyl groups excluding tert-OH is 1. The van der Waals surface area contributed by atoms with Crippen molar-refractivity contribution in [3.05, 3.63) is 140 Å². The Hall–Kier alpha value is -5.08. The van der Waals surface area contributed by atoms with Crippen LogP contribution in [0.2, 0.25) is 10.0 Å². The van der Waals surface area contributed by atoms with E-state index in [1.165, 1.54) is 6.21 Å². The van der Waals surface area contributed by atoms with E-state index < -0.39 is 0 Å². The second-order valence-electron chi connectivity index (χ2n) is 13.4. The normalized spacial score (nSPS) is 13.7. The topological polar surface area (TPSA) is 146 Å². The lowest BCUT2D eigenvalue weighted by molar-refractivity contribution is -0.119. The maximum atomic E-state index is 11.5. The average Bonchev–Trinajstić information content (AvgIpc) is 3.61. The van der Waals surface area contributed by atoms with Crippen LogP contribution in [0.15, 0.2) is 91.3 Å². The summed E-state index contributed by atoms with van der Waals surface area (Å²) in [7, 11) is 0. The molecule has 6 rings (SSSR count). The minimum Gasteiger partial charge on any atom is -0.395 e. The third-order valence-corrected chi connectivity index (χ3v) is 10.4. The van der Waals surface area contributed by atoms with Crippen LogP contribution in [-0.4, -0.2) is 48.0 Å². The number of nitrogens with zero attached hydrogens (tertiary/aromatic N) is 2. The molecule has 1 unspecified atom stereocenters. The van der Waals surface area contributed by atoms with E-state index in [4.69, 9.17) is 28.6 Å². The van der Waals surface area contributed by atoms with Gasteiger partial charge in [-0.1, -0.05) is 83.9 Å². The Labute approximate surface area is 326 Å². The zero-order valence-corrected chi connectivity index (χ0v) is 31.4. The number of aryl methyl sites for hydroxylation is 2. The molecule has 1 amide bonds. The number of aromatic nitrogens is 1. The summed E-state index contributed by atoms with van der Waals surface area (Å²) in [5.41, 5.74) is 10.8. The molecule has 0 saturated carbocycles. The molecule has 0 bridgehead atoms. The Morgan fingerprint density at radius 2 is 1.69 bits per heavy atom. The molecular weight excluding hydrogens is 717 g/mol. The van der Waals surface area contributed by atoms with Crippen LogP contribution < -0.4 is 21.3 Å². The van der Waals surface area contributed by atoms with Gasteiger partial charge in [-0.15, -0.1) is 0 Å². The number of rotatable bonds is 17. The van der Waals surface area contributed by atoms with Crippen molar-refractivity contribution < 1.29 is 9.90 Å². The van der Waals surface area contributed by atoms with Gasteiger partial charge in [0.05, 0.1) is 17.2 Å². The largest absolute Gasteiger partial charge is 0.395 e. The van der Waals surface area contributed by atoms with Gasteiger partial charge in [-0.2, -0.15) is 5.26 Å². The first kappa shape index (κ1) is 38.6. The van der Waals surface area contributed by atoms with Gasteiger partial charge in [0.2, 0.25) is 5.91 Å². The lowest BCUT2D eigenvalue weighted by atomic mass is 9.94. The highest BCUT2D eigenvalue weighted by Gasteiger charge is 2.20. The Balaban J connectivity index is 1.18. The number of carbonyl (C=O) groups is 1. The molecule has 0 aliphatic carbocycles. The van der Waals surface area contributed by atoms with Gasteiger partial charge in [0.25, 0.3) is 0 Å². The van der Waals surface area contributed by atoms with Crippen molar-refractivity contribution in [2.24, 2.45) is 0 Å². The predicted octanol–water partition coefficient (Wildman–Crippen LogP) is 7.44. The second kappa shape index (κ2) is 18.8. The first-order chi connectivity index (χ1) is 26.4. The van der Waals surface area contributed by atoms with E-state index in [0.29, 0.717) is 66.6 Å². The lowest BCUT2D eigenvalue weighted by Crippen LogP contribution is -2.35. The van der Waals surface area contributed by atoms with Gasteiger partial charge < -0.3 is 31.8 Å². The molecule has 54 heavy (non-hydrogen) atoms. The summed E-state index contributed by atoms with van der Waals surface area (Å²) in [5.74, 6) is 0.122. The first-order valence-corrected chi connectivity index (χ1v) is 18.8. The highest BCUT2D eigenvalue weighted by atomic mass is 35.5. The highest BCUT2D eigenvalue weighted by molar-refractivity contribution is 6.36. The summed E-state index contributed by atoms with van der Waals surface area (Å²) in [6.45, 7) is 2.94. The number of nitriles is 1. The number of aliphatic hydroxyl groups is 1. The van der Waals surface area contributed by atoms with Crippen LogP contribution in [0.25, 0.3) is 22.3 Å². The molecule has 1 fully saturated rings. The van der Waals surface area contributed by atoms with Crippen molar-refractivity contribution in [1.29, 1.82) is 10.7 Å². The molecule has 5 aromatic rings. The van der Waals surface area contributed by atoms with Crippen LogP contribution >= 0.6 is 23.2 Å². The van der Waals surface area contributed by atoms with Gasteiger partial charge in [0.1, 0.15) is 6.07 Å². The molecule has 11 heteroatoms. The van der Waals surface area contributed by atoms with Crippen LogP contribution in [0.5, 0.6) is 0 Å². The minimum absolute atomic E-state index is 0.0391. The molecule has 4 aromatic carbocycles. The van der Waals surface area contributed by atoms with E-state index in [1.807, 2.05) is 48.5 Å². The van der Waals surface area contributed by atoms with E-state index in [2.05, 4.69) is 62.7 Å². The number of hydrogen-bond donors (Lipinski definition) is 6. The van der Waals surface area contributed by atoms with Crippen molar-refractivity contribution in [3.8, 4) is 28.3 Å². The Morgan fingerprint density at radius 3 is 2.44 bits per heavy atom. The van der Waals surface area contributed by atoms with Gasteiger partial charge in [-0.25, -0.2) is 0 Å². The quantitative estimate of drug-likeness (QED) is 0.0427. The van der Waals surface area contributed by atoms with Crippen molar-refractivity contribution in [1.82, 2.24) is 20.9 Å². The number of halogens is 2. The molecular formula is C43H43Cl2N7O2. The van der Waals surface area contributed by atoms with Crippen LogP contribution in [0, 0.1) is 16.7 Å². The van der Waals surface area contributed by atoms with E-state index >= 15 is 0 Å². The molecule has 1 aliphatic heterocycles. The molecule has 1 aliphatic rings. The monoisotopic (exact) mass is 759 g/mol. The number of hydrogen-bond acceptors (Lipinski definition) is 8. The average molecular weight is 761 g/mol. The number of nitrogens with one attached hydrogen (secondary N) is 5. The van der Waals surface area contributed by atoms with E-state index in [9.17, 15) is 15.2 Å². The molecule has 1 aromatic heterocycles. The van der Waals surface area contributed by atoms with Gasteiger partial charge in [-0.05, 0) is 76.4 Å². The standard InChI is InChI=1S/C43H43Cl2N7O2/c44-40-19-33(25-48-15-16-53)32(12-9-29-17-30(20-46)24-49-23-29)18-34(40)26-51-41-6-2-4-37(39(41)21-47)38-5-1-3-36(43(38)45)31-10-7-28(8-11-31)22-50-27-35-13-14-42(54)52-35/h1-8,10-11,17-19,21,23-24,35,47-48,50-51,53H,9,12-16,22,25-27H2,(H,52,54). The van der Waals surface area contributed by atoms with Crippen molar-refractivity contribution in [2.75, 3.05) is 25.0 Å². The van der Waals surface area contributed by atoms with Gasteiger partial charge in [-0.3, -0.25) is 9.78 Å². The summed E-state index contributed by atoms with van der Waals surface area (Å²) >= 11 is 14.0. The third-order valence-electron chi connectivity index (χ3n) is 9.66. The summed E-state index contributed by atoms with van der Waals surface area (Å²) in [6.07, 6.45) is 7.58. The van der Waals surface area contributed by atoms with E-state index in [1.54, 1.807) is 12.4 Å². The molecule has 0 radical (unpaired) electrons. The van der Waals surface area contributed by atoms with Gasteiger partial charge in [0, 0.05) is 91.2 Å². The van der Waals surface area contributed by atoms with E-state index in [0.717, 1.165) is 68.7 Å². The lowest BCUT2D eigenvalue weighted by Gasteiger charge is -2.18. The molecule has 6 N–H and O–H groups in total. The van der Waals surface area contributed by atoms with Crippen LogP contribution in [0.1, 0.15) is 51.8 Å². The molecule has 9 nitrogen and oxygen atoms in total. The number of benzene rings is 4. The van der Waals surface area contributed by atoms with Gasteiger partial charge >= 0.3 is 0 Å². The van der Waals surface area contributed by atoms with Crippen LogP contribution in [0.4, 0.5) is 5.69 Å². The fourth-order valence-corrected chi connectivity index (χ4v) is 7.39. The zero-order chi connectivity index (χ0) is 37.9. The van der Waals surface area contributed by atoms with Crippen molar-refractivity contribution >= 4 is 41.0 Å². The maximum Gasteiger partial charge on any atom is 0.220 e. The number of carbonyl (C=O) groups excluding carboxylic acids is 1. The van der Waals surface area contributed by atoms with Crippen molar-refractivity contribution in [3.63, 3.8) is 0 Å². The molecule has 2 heterocycles. The molecule has 1 atom stereocenters.